The Kier molecular flexibility index (Phi) is 2.77. The summed E-state index contributed by atoms with van der Waals surface area (Å²) in [7, 11) is 0. The highest BCUT2D eigenvalue weighted by atomic mass is 35.5. The van der Waals surface area contributed by atoms with Gasteiger partial charge in [0.2, 0.25) is 0 Å². The summed E-state index contributed by atoms with van der Waals surface area (Å²) in [6, 6.07) is 10.4. The lowest BCUT2D eigenvalue weighted by molar-refractivity contribution is 0.374. The lowest BCUT2D eigenvalue weighted by Gasteiger charge is -2.28. The molecule has 0 saturated carbocycles. The summed E-state index contributed by atoms with van der Waals surface area (Å²) in [4.78, 5) is 2.33. The maximum atomic E-state index is 5.86. The van der Waals surface area contributed by atoms with Crippen LogP contribution in [0.3, 0.4) is 0 Å². The summed E-state index contributed by atoms with van der Waals surface area (Å²) in [6.07, 6.45) is 0.897. The number of rotatable bonds is 2. The number of anilines is 1. The lowest BCUT2D eigenvalue weighted by Crippen LogP contribution is -2.30. The molecule has 2 aromatic rings. The molecule has 1 aliphatic heterocycles. The SMILES string of the molecule is ClCc1noc2c1CN(c1ccccc1)CC2. The van der Waals surface area contributed by atoms with Gasteiger partial charge in [-0.3, -0.25) is 0 Å². The van der Waals surface area contributed by atoms with E-state index in [0.29, 0.717) is 5.88 Å². The third-order valence-electron chi connectivity index (χ3n) is 3.16. The standard InChI is InChI=1S/C13H13ClN2O/c14-8-12-11-9-16(7-6-13(11)17-15-12)10-4-2-1-3-5-10/h1-5H,6-9H2. The van der Waals surface area contributed by atoms with E-state index in [1.807, 2.05) is 6.07 Å². The van der Waals surface area contributed by atoms with E-state index in [-0.39, 0.29) is 0 Å². The second-order valence-electron chi connectivity index (χ2n) is 4.17. The van der Waals surface area contributed by atoms with Gasteiger partial charge in [0, 0.05) is 30.8 Å². The Balaban J connectivity index is 1.89. The smallest absolute Gasteiger partial charge is 0.143 e. The van der Waals surface area contributed by atoms with E-state index in [0.717, 1.165) is 36.5 Å². The minimum Gasteiger partial charge on any atom is -0.367 e. The molecular weight excluding hydrogens is 236 g/mol. The highest BCUT2D eigenvalue weighted by molar-refractivity contribution is 6.17. The van der Waals surface area contributed by atoms with E-state index < -0.39 is 0 Å². The first-order chi connectivity index (χ1) is 8.38. The Labute approximate surface area is 105 Å². The van der Waals surface area contributed by atoms with Crippen molar-refractivity contribution >= 4 is 17.3 Å². The fraction of sp³-hybridized carbons (Fsp3) is 0.308. The van der Waals surface area contributed by atoms with Gasteiger partial charge >= 0.3 is 0 Å². The quantitative estimate of drug-likeness (QED) is 0.766. The van der Waals surface area contributed by atoms with E-state index >= 15 is 0 Å². The van der Waals surface area contributed by atoms with Crippen LogP contribution in [0.25, 0.3) is 0 Å². The molecule has 0 bridgehead atoms. The second-order valence-corrected chi connectivity index (χ2v) is 4.44. The monoisotopic (exact) mass is 248 g/mol. The number of hydrogen-bond donors (Lipinski definition) is 0. The van der Waals surface area contributed by atoms with E-state index in [1.54, 1.807) is 0 Å². The molecule has 3 nitrogen and oxygen atoms in total. The number of alkyl halides is 1. The first kappa shape index (κ1) is 10.7. The highest BCUT2D eigenvalue weighted by Crippen LogP contribution is 2.27. The predicted molar refractivity (Wildman–Crippen MR) is 67.3 cm³/mol. The third kappa shape index (κ3) is 1.91. The predicted octanol–water partition coefficient (Wildman–Crippen LogP) is 2.98. The van der Waals surface area contributed by atoms with Crippen LogP contribution in [-0.4, -0.2) is 11.7 Å². The summed E-state index contributed by atoms with van der Waals surface area (Å²) in [6.45, 7) is 1.80. The number of halogens is 1. The fourth-order valence-corrected chi connectivity index (χ4v) is 2.44. The van der Waals surface area contributed by atoms with Crippen LogP contribution >= 0.6 is 11.6 Å². The zero-order valence-corrected chi connectivity index (χ0v) is 10.2. The molecule has 0 unspecified atom stereocenters. The molecule has 17 heavy (non-hydrogen) atoms. The number of fused-ring (bicyclic) bond motifs is 1. The van der Waals surface area contributed by atoms with Crippen LogP contribution in [0.2, 0.25) is 0 Å². The van der Waals surface area contributed by atoms with E-state index in [9.17, 15) is 0 Å². The topological polar surface area (TPSA) is 29.3 Å². The first-order valence-corrected chi connectivity index (χ1v) is 6.24. The van der Waals surface area contributed by atoms with Crippen LogP contribution in [0.4, 0.5) is 5.69 Å². The molecule has 1 aromatic carbocycles. The molecule has 4 heteroatoms. The summed E-state index contributed by atoms with van der Waals surface area (Å²) in [5, 5.41) is 4.01. The minimum atomic E-state index is 0.418. The number of nitrogens with zero attached hydrogens (tertiary/aromatic N) is 2. The van der Waals surface area contributed by atoms with Crippen molar-refractivity contribution in [3.05, 3.63) is 47.3 Å². The van der Waals surface area contributed by atoms with Crippen LogP contribution in [0, 0.1) is 0 Å². The van der Waals surface area contributed by atoms with Gasteiger partial charge < -0.3 is 9.42 Å². The molecule has 0 spiro atoms. The van der Waals surface area contributed by atoms with E-state index in [1.165, 1.54) is 5.69 Å². The Morgan fingerprint density at radius 1 is 1.29 bits per heavy atom. The van der Waals surface area contributed by atoms with Crippen LogP contribution in [0.15, 0.2) is 34.9 Å². The maximum absolute atomic E-state index is 5.86. The van der Waals surface area contributed by atoms with Crippen LogP contribution in [0.1, 0.15) is 17.0 Å². The molecule has 0 N–H and O–H groups in total. The zero-order chi connectivity index (χ0) is 11.7. The number of benzene rings is 1. The van der Waals surface area contributed by atoms with Gasteiger partial charge in [-0.2, -0.15) is 0 Å². The van der Waals surface area contributed by atoms with Gasteiger partial charge in [0.1, 0.15) is 11.5 Å². The summed E-state index contributed by atoms with van der Waals surface area (Å²) in [5.41, 5.74) is 3.28. The highest BCUT2D eigenvalue weighted by Gasteiger charge is 2.23. The van der Waals surface area contributed by atoms with Gasteiger partial charge in [0.15, 0.2) is 0 Å². The van der Waals surface area contributed by atoms with Crippen molar-refractivity contribution < 1.29 is 4.52 Å². The fourth-order valence-electron chi connectivity index (χ4n) is 2.23. The molecule has 0 saturated heterocycles. The Hall–Kier alpha value is -1.48. The lowest BCUT2D eigenvalue weighted by atomic mass is 10.1. The largest absolute Gasteiger partial charge is 0.367 e. The average Bonchev–Trinajstić information content (AvgIpc) is 2.81. The van der Waals surface area contributed by atoms with E-state index in [2.05, 4.69) is 34.3 Å². The average molecular weight is 249 g/mol. The molecule has 0 aliphatic carbocycles. The molecule has 0 radical (unpaired) electrons. The summed E-state index contributed by atoms with van der Waals surface area (Å²) in [5.74, 6) is 1.41. The first-order valence-electron chi connectivity index (χ1n) is 5.70. The minimum absolute atomic E-state index is 0.418. The van der Waals surface area contributed by atoms with Crippen molar-refractivity contribution in [2.75, 3.05) is 11.4 Å². The Morgan fingerprint density at radius 3 is 2.88 bits per heavy atom. The summed E-state index contributed by atoms with van der Waals surface area (Å²) < 4.78 is 5.30. The zero-order valence-electron chi connectivity index (χ0n) is 9.40. The maximum Gasteiger partial charge on any atom is 0.143 e. The molecule has 0 atom stereocenters. The number of para-hydroxylation sites is 1. The van der Waals surface area contributed by atoms with Crippen molar-refractivity contribution in [3.8, 4) is 0 Å². The normalized spacial score (nSPS) is 14.8. The molecule has 1 aromatic heterocycles. The second kappa shape index (κ2) is 4.41. The van der Waals surface area contributed by atoms with Gasteiger partial charge in [0.25, 0.3) is 0 Å². The molecule has 0 fully saturated rings. The molecule has 0 amide bonds. The van der Waals surface area contributed by atoms with Gasteiger partial charge in [-0.25, -0.2) is 0 Å². The van der Waals surface area contributed by atoms with Crippen molar-refractivity contribution in [2.24, 2.45) is 0 Å². The Bertz CT molecular complexity index is 496. The van der Waals surface area contributed by atoms with Crippen LogP contribution < -0.4 is 4.90 Å². The van der Waals surface area contributed by atoms with Gasteiger partial charge in [-0.15, -0.1) is 11.6 Å². The van der Waals surface area contributed by atoms with Gasteiger partial charge in [0.05, 0.1) is 5.88 Å². The number of hydrogen-bond acceptors (Lipinski definition) is 3. The van der Waals surface area contributed by atoms with E-state index in [4.69, 9.17) is 16.1 Å². The van der Waals surface area contributed by atoms with Crippen molar-refractivity contribution in [1.29, 1.82) is 0 Å². The molecular formula is C13H13ClN2O. The third-order valence-corrected chi connectivity index (χ3v) is 3.41. The molecule has 2 heterocycles. The Morgan fingerprint density at radius 2 is 2.12 bits per heavy atom. The van der Waals surface area contributed by atoms with Crippen LogP contribution in [0.5, 0.6) is 0 Å². The molecule has 1 aliphatic rings. The van der Waals surface area contributed by atoms with Gasteiger partial charge in [-0.1, -0.05) is 23.4 Å². The number of aromatic nitrogens is 1. The van der Waals surface area contributed by atoms with Crippen molar-refractivity contribution in [1.82, 2.24) is 5.16 Å². The summed E-state index contributed by atoms with van der Waals surface area (Å²) >= 11 is 5.86. The molecule has 3 rings (SSSR count). The van der Waals surface area contributed by atoms with Crippen LogP contribution in [-0.2, 0) is 18.8 Å². The van der Waals surface area contributed by atoms with Crippen molar-refractivity contribution in [3.63, 3.8) is 0 Å². The molecule has 88 valence electrons. The van der Waals surface area contributed by atoms with Gasteiger partial charge in [-0.05, 0) is 12.1 Å². The van der Waals surface area contributed by atoms with Crippen molar-refractivity contribution in [2.45, 2.75) is 18.8 Å².